The first-order chi connectivity index (χ1) is 24.0. The van der Waals surface area contributed by atoms with Crippen LogP contribution in [0.3, 0.4) is 0 Å². The summed E-state index contributed by atoms with van der Waals surface area (Å²) >= 11 is 3.35. The first kappa shape index (κ1) is 36.4. The molecular weight excluding hydrogens is 728 g/mol. The van der Waals surface area contributed by atoms with E-state index < -0.39 is 22.2 Å². The number of benzene rings is 2. The number of ether oxygens (including phenoxy) is 1. The maximum Gasteiger partial charge on any atom is 0.410 e. The van der Waals surface area contributed by atoms with Gasteiger partial charge in [0.1, 0.15) is 5.75 Å². The Bertz CT molecular complexity index is 1650. The normalized spacial score (nSPS) is 20.9. The van der Waals surface area contributed by atoms with Crippen molar-refractivity contribution in [3.8, 4) is 5.75 Å². The number of piperidine rings is 2. The van der Waals surface area contributed by atoms with Crippen LogP contribution >= 0.6 is 15.9 Å². The van der Waals surface area contributed by atoms with E-state index in [0.29, 0.717) is 76.2 Å². The standard InChI is InChI=1S/C35H47BrN6O7S/c1-2-50(47,48)41-16-12-27(13-17-41)38-19-21-39(22-20-38)33(44)32(24-25-7-8-31(43)29(36)23-25)49-35(46)40-14-10-28(11-15-40)42-18-9-26-5-3-4-6-30(26)37-34(42)45/h3-8,23,27-28,32,43H,2,9-22,24H2,1H3,(H,37,45)/t32-/m1/s1. The van der Waals surface area contributed by atoms with Gasteiger partial charge in [0.05, 0.1) is 10.2 Å². The number of nitrogens with zero attached hydrogens (tertiary/aromatic N) is 5. The molecule has 3 saturated heterocycles. The number of rotatable bonds is 8. The van der Waals surface area contributed by atoms with Crippen LogP contribution in [0.15, 0.2) is 46.9 Å². The number of aromatic hydroxyl groups is 1. The average molecular weight is 776 g/mol. The van der Waals surface area contributed by atoms with Crippen LogP contribution in [0.25, 0.3) is 0 Å². The van der Waals surface area contributed by atoms with E-state index >= 15 is 0 Å². The number of para-hydroxylation sites is 1. The molecule has 4 amide bonds. The van der Waals surface area contributed by atoms with Gasteiger partial charge in [0.2, 0.25) is 10.0 Å². The Kier molecular flexibility index (Phi) is 11.6. The number of sulfonamides is 1. The second-order valence-electron chi connectivity index (χ2n) is 13.5. The monoisotopic (exact) mass is 774 g/mol. The van der Waals surface area contributed by atoms with Crippen LogP contribution in [-0.4, -0.2) is 138 Å². The number of phenols is 1. The molecule has 4 aliphatic rings. The summed E-state index contributed by atoms with van der Waals surface area (Å²) in [6, 6.07) is 12.9. The molecule has 15 heteroatoms. The van der Waals surface area contributed by atoms with E-state index in [1.165, 1.54) is 0 Å². The van der Waals surface area contributed by atoms with Gasteiger partial charge in [-0.2, -0.15) is 0 Å². The number of fused-ring (bicyclic) bond motifs is 1. The fourth-order valence-electron chi connectivity index (χ4n) is 7.54. The molecule has 50 heavy (non-hydrogen) atoms. The molecule has 2 N–H and O–H groups in total. The van der Waals surface area contributed by atoms with Crippen molar-refractivity contribution in [1.29, 1.82) is 0 Å². The highest BCUT2D eigenvalue weighted by molar-refractivity contribution is 9.10. The van der Waals surface area contributed by atoms with Crippen LogP contribution in [0.2, 0.25) is 0 Å². The van der Waals surface area contributed by atoms with Crippen LogP contribution in [0.4, 0.5) is 15.3 Å². The number of hydrogen-bond acceptors (Lipinski definition) is 8. The minimum absolute atomic E-state index is 0.0142. The number of urea groups is 1. The molecule has 4 aliphatic heterocycles. The molecule has 272 valence electrons. The lowest BCUT2D eigenvalue weighted by molar-refractivity contribution is -0.143. The molecule has 1 atom stereocenters. The lowest BCUT2D eigenvalue weighted by Crippen LogP contribution is -2.57. The smallest absolute Gasteiger partial charge is 0.410 e. The maximum absolute atomic E-state index is 14.0. The molecule has 0 aromatic heterocycles. The van der Waals surface area contributed by atoms with E-state index in [-0.39, 0.29) is 41.9 Å². The van der Waals surface area contributed by atoms with E-state index in [0.717, 1.165) is 36.1 Å². The van der Waals surface area contributed by atoms with Gasteiger partial charge < -0.3 is 29.9 Å². The molecule has 0 radical (unpaired) electrons. The molecule has 0 saturated carbocycles. The van der Waals surface area contributed by atoms with E-state index in [9.17, 15) is 27.9 Å². The number of phenolic OH excluding ortho intramolecular Hbond substituents is 1. The Labute approximate surface area is 302 Å². The summed E-state index contributed by atoms with van der Waals surface area (Å²) in [4.78, 5) is 48.2. The highest BCUT2D eigenvalue weighted by Gasteiger charge is 2.37. The van der Waals surface area contributed by atoms with Gasteiger partial charge in [-0.25, -0.2) is 22.3 Å². The molecule has 0 aliphatic carbocycles. The van der Waals surface area contributed by atoms with Crippen molar-refractivity contribution >= 4 is 49.7 Å². The summed E-state index contributed by atoms with van der Waals surface area (Å²) < 4.78 is 32.7. The molecule has 0 bridgehead atoms. The SMILES string of the molecule is CCS(=O)(=O)N1CCC(N2CCN(C(=O)[C@@H](Cc3ccc(O)c(Br)c3)OC(=O)N3CCC(N4CCc5ccccc5NC4=O)CC3)CC2)CC1. The van der Waals surface area contributed by atoms with Gasteiger partial charge >= 0.3 is 12.1 Å². The van der Waals surface area contributed by atoms with Crippen molar-refractivity contribution in [1.82, 2.24) is 23.9 Å². The zero-order chi connectivity index (χ0) is 35.4. The van der Waals surface area contributed by atoms with Crippen LogP contribution in [0, 0.1) is 0 Å². The van der Waals surface area contributed by atoms with Gasteiger partial charge in [-0.1, -0.05) is 24.3 Å². The largest absolute Gasteiger partial charge is 0.507 e. The number of carbonyl (C=O) groups excluding carboxylic acids is 3. The zero-order valence-corrected chi connectivity index (χ0v) is 30.9. The molecule has 0 spiro atoms. The maximum atomic E-state index is 14.0. The number of likely N-dealkylation sites (tertiary alicyclic amines) is 1. The number of piperazine rings is 1. The van der Waals surface area contributed by atoms with Crippen molar-refractivity contribution in [2.75, 3.05) is 70.0 Å². The van der Waals surface area contributed by atoms with E-state index in [4.69, 9.17) is 4.74 Å². The molecule has 6 rings (SSSR count). The third-order valence-electron chi connectivity index (χ3n) is 10.6. The summed E-state index contributed by atoms with van der Waals surface area (Å²) in [5.74, 6) is -0.0780. The van der Waals surface area contributed by atoms with Gasteiger partial charge in [-0.05, 0) is 84.3 Å². The Morgan fingerprint density at radius 2 is 1.60 bits per heavy atom. The average Bonchev–Trinajstić information content (AvgIpc) is 3.30. The number of halogens is 1. The Balaban J connectivity index is 1.05. The lowest BCUT2D eigenvalue weighted by Gasteiger charge is -2.43. The molecular formula is C35H47BrN6O7S. The summed E-state index contributed by atoms with van der Waals surface area (Å²) in [7, 11) is -3.19. The predicted octanol–water partition coefficient (Wildman–Crippen LogP) is 3.72. The Morgan fingerprint density at radius 1 is 0.920 bits per heavy atom. The second-order valence-corrected chi connectivity index (χ2v) is 16.6. The van der Waals surface area contributed by atoms with Gasteiger partial charge in [-0.3, -0.25) is 9.69 Å². The Morgan fingerprint density at radius 3 is 2.28 bits per heavy atom. The number of carbonyl (C=O) groups is 3. The summed E-state index contributed by atoms with van der Waals surface area (Å²) in [5, 5.41) is 13.0. The van der Waals surface area contributed by atoms with Gasteiger partial charge in [0.15, 0.2) is 6.10 Å². The van der Waals surface area contributed by atoms with Crippen molar-refractivity contribution in [3.63, 3.8) is 0 Å². The molecule has 3 fully saturated rings. The minimum Gasteiger partial charge on any atom is -0.507 e. The van der Waals surface area contributed by atoms with E-state index in [1.807, 2.05) is 29.2 Å². The van der Waals surface area contributed by atoms with E-state index in [2.05, 4.69) is 26.1 Å². The van der Waals surface area contributed by atoms with E-state index in [1.54, 1.807) is 39.2 Å². The molecule has 13 nitrogen and oxygen atoms in total. The minimum atomic E-state index is -3.19. The predicted molar refractivity (Wildman–Crippen MR) is 192 cm³/mol. The fourth-order valence-corrected chi connectivity index (χ4v) is 9.10. The summed E-state index contributed by atoms with van der Waals surface area (Å²) in [6.07, 6.45) is 2.03. The number of nitrogens with one attached hydrogen (secondary N) is 1. The van der Waals surface area contributed by atoms with Crippen molar-refractivity contribution in [2.45, 2.75) is 63.6 Å². The molecule has 2 aromatic rings. The number of hydrogen-bond donors (Lipinski definition) is 2. The summed E-state index contributed by atoms with van der Waals surface area (Å²) in [6.45, 7) is 6.38. The second kappa shape index (κ2) is 15.9. The van der Waals surface area contributed by atoms with Crippen LogP contribution in [-0.2, 0) is 32.4 Å². The molecule has 2 aromatic carbocycles. The third kappa shape index (κ3) is 8.38. The van der Waals surface area contributed by atoms with Crippen LogP contribution < -0.4 is 5.32 Å². The highest BCUT2D eigenvalue weighted by atomic mass is 79.9. The summed E-state index contributed by atoms with van der Waals surface area (Å²) in [5.41, 5.74) is 2.68. The highest BCUT2D eigenvalue weighted by Crippen LogP contribution is 2.28. The number of amides is 4. The quantitative estimate of drug-likeness (QED) is 0.414. The third-order valence-corrected chi connectivity index (χ3v) is 13.1. The van der Waals surface area contributed by atoms with Crippen LogP contribution in [0.5, 0.6) is 5.75 Å². The van der Waals surface area contributed by atoms with Gasteiger partial charge in [-0.15, -0.1) is 0 Å². The van der Waals surface area contributed by atoms with Crippen molar-refractivity contribution < 1.29 is 32.6 Å². The van der Waals surface area contributed by atoms with Gasteiger partial charge in [0, 0.05) is 83.1 Å². The van der Waals surface area contributed by atoms with Crippen LogP contribution in [0.1, 0.15) is 43.7 Å². The first-order valence-electron chi connectivity index (χ1n) is 17.6. The molecule has 0 unspecified atom stereocenters. The first-order valence-corrected chi connectivity index (χ1v) is 20.0. The van der Waals surface area contributed by atoms with Crippen molar-refractivity contribution in [3.05, 3.63) is 58.1 Å². The zero-order valence-electron chi connectivity index (χ0n) is 28.5. The Hall–Kier alpha value is -3.40. The number of anilines is 1. The van der Waals surface area contributed by atoms with Crippen molar-refractivity contribution in [2.24, 2.45) is 0 Å². The van der Waals surface area contributed by atoms with Gasteiger partial charge in [0.25, 0.3) is 5.91 Å². The molecule has 4 heterocycles. The topological polar surface area (TPSA) is 143 Å². The lowest BCUT2D eigenvalue weighted by atomic mass is 10.0. The fraction of sp³-hybridized carbons (Fsp3) is 0.571.